The number of hydrogen-bond donors (Lipinski definition) is 1. The Bertz CT molecular complexity index is 507. The maximum atomic E-state index is 5.71. The zero-order chi connectivity index (χ0) is 13.5. The van der Waals surface area contributed by atoms with Crippen LogP contribution in [0.1, 0.15) is 22.6 Å². The van der Waals surface area contributed by atoms with Crippen LogP contribution in [0.5, 0.6) is 0 Å². The summed E-state index contributed by atoms with van der Waals surface area (Å²) in [7, 11) is 0. The van der Waals surface area contributed by atoms with E-state index < -0.39 is 0 Å². The SMILES string of the molecule is CSCc1ccc(CNCCc2cccc(C)c2)o1. The number of furan rings is 1. The van der Waals surface area contributed by atoms with Gasteiger partial charge in [-0.3, -0.25) is 0 Å². The van der Waals surface area contributed by atoms with Crippen LogP contribution in [0.4, 0.5) is 0 Å². The third-order valence-corrected chi connectivity index (χ3v) is 3.55. The average molecular weight is 275 g/mol. The molecule has 0 atom stereocenters. The molecule has 2 aromatic rings. The molecule has 1 aromatic heterocycles. The lowest BCUT2D eigenvalue weighted by molar-refractivity contribution is 0.460. The van der Waals surface area contributed by atoms with Crippen LogP contribution in [0.25, 0.3) is 0 Å². The molecule has 0 saturated carbocycles. The van der Waals surface area contributed by atoms with Crippen LogP contribution < -0.4 is 5.32 Å². The number of benzene rings is 1. The van der Waals surface area contributed by atoms with Gasteiger partial charge in [0.05, 0.1) is 12.3 Å². The number of aryl methyl sites for hydroxylation is 1. The molecule has 0 spiro atoms. The van der Waals surface area contributed by atoms with Gasteiger partial charge >= 0.3 is 0 Å². The van der Waals surface area contributed by atoms with Gasteiger partial charge in [-0.15, -0.1) is 0 Å². The van der Waals surface area contributed by atoms with Crippen molar-refractivity contribution in [1.29, 1.82) is 0 Å². The fraction of sp³-hybridized carbons (Fsp3) is 0.375. The highest BCUT2D eigenvalue weighted by molar-refractivity contribution is 7.97. The molecular weight excluding hydrogens is 254 g/mol. The van der Waals surface area contributed by atoms with E-state index in [1.165, 1.54) is 11.1 Å². The van der Waals surface area contributed by atoms with Crippen molar-refractivity contribution in [2.24, 2.45) is 0 Å². The van der Waals surface area contributed by atoms with Gasteiger partial charge in [0.2, 0.25) is 0 Å². The molecule has 1 N–H and O–H groups in total. The monoisotopic (exact) mass is 275 g/mol. The van der Waals surface area contributed by atoms with Crippen molar-refractivity contribution in [1.82, 2.24) is 5.32 Å². The molecule has 2 nitrogen and oxygen atoms in total. The van der Waals surface area contributed by atoms with Crippen LogP contribution in [0, 0.1) is 6.92 Å². The summed E-state index contributed by atoms with van der Waals surface area (Å²) in [6, 6.07) is 12.8. The minimum Gasteiger partial charge on any atom is -0.464 e. The fourth-order valence-electron chi connectivity index (χ4n) is 2.05. The second-order valence-corrected chi connectivity index (χ2v) is 5.58. The normalized spacial score (nSPS) is 10.8. The summed E-state index contributed by atoms with van der Waals surface area (Å²) in [6.45, 7) is 3.91. The predicted molar refractivity (Wildman–Crippen MR) is 82.5 cm³/mol. The van der Waals surface area contributed by atoms with Crippen LogP contribution in [0.3, 0.4) is 0 Å². The molecular formula is C16H21NOS. The number of nitrogens with one attached hydrogen (secondary N) is 1. The molecule has 19 heavy (non-hydrogen) atoms. The van der Waals surface area contributed by atoms with E-state index in [2.05, 4.69) is 54.9 Å². The minimum absolute atomic E-state index is 0.806. The standard InChI is InChI=1S/C16H21NOS/c1-13-4-3-5-14(10-13)8-9-17-11-15-6-7-16(18-15)12-19-2/h3-7,10,17H,8-9,11-12H2,1-2H3. The van der Waals surface area contributed by atoms with E-state index >= 15 is 0 Å². The largest absolute Gasteiger partial charge is 0.464 e. The molecule has 0 aliphatic rings. The summed E-state index contributed by atoms with van der Waals surface area (Å²) in [5, 5.41) is 3.42. The topological polar surface area (TPSA) is 25.2 Å². The van der Waals surface area contributed by atoms with Crippen LogP contribution in [0.2, 0.25) is 0 Å². The molecule has 1 heterocycles. The van der Waals surface area contributed by atoms with Gasteiger partial charge in [-0.25, -0.2) is 0 Å². The Morgan fingerprint density at radius 2 is 2.00 bits per heavy atom. The van der Waals surface area contributed by atoms with E-state index in [0.717, 1.165) is 36.8 Å². The van der Waals surface area contributed by atoms with Gasteiger partial charge in [0.25, 0.3) is 0 Å². The molecule has 102 valence electrons. The highest BCUT2D eigenvalue weighted by Crippen LogP contribution is 2.13. The molecule has 0 bridgehead atoms. The summed E-state index contributed by atoms with van der Waals surface area (Å²) < 4.78 is 5.71. The molecule has 3 heteroatoms. The van der Waals surface area contributed by atoms with E-state index in [4.69, 9.17) is 4.42 Å². The van der Waals surface area contributed by atoms with Gasteiger partial charge < -0.3 is 9.73 Å². The van der Waals surface area contributed by atoms with E-state index in [1.807, 2.05) is 0 Å². The Hall–Kier alpha value is -1.19. The Kier molecular flexibility index (Phi) is 5.55. The molecule has 0 aliphatic carbocycles. The van der Waals surface area contributed by atoms with E-state index in [9.17, 15) is 0 Å². The van der Waals surface area contributed by atoms with Crippen LogP contribution in [0.15, 0.2) is 40.8 Å². The Morgan fingerprint density at radius 3 is 2.79 bits per heavy atom. The highest BCUT2D eigenvalue weighted by atomic mass is 32.2. The first-order valence-electron chi connectivity index (χ1n) is 6.60. The number of thioether (sulfide) groups is 1. The van der Waals surface area contributed by atoms with Crippen LogP contribution in [-0.4, -0.2) is 12.8 Å². The van der Waals surface area contributed by atoms with Crippen molar-refractivity contribution in [2.45, 2.75) is 25.6 Å². The summed E-state index contributed by atoms with van der Waals surface area (Å²) >= 11 is 1.78. The molecule has 0 saturated heterocycles. The van der Waals surface area contributed by atoms with E-state index in [-0.39, 0.29) is 0 Å². The van der Waals surface area contributed by atoms with Gasteiger partial charge in [-0.1, -0.05) is 29.8 Å². The van der Waals surface area contributed by atoms with E-state index in [1.54, 1.807) is 11.8 Å². The molecule has 0 fully saturated rings. The maximum absolute atomic E-state index is 5.71. The molecule has 0 unspecified atom stereocenters. The highest BCUT2D eigenvalue weighted by Gasteiger charge is 2.01. The number of hydrogen-bond acceptors (Lipinski definition) is 3. The molecule has 0 aliphatic heterocycles. The summed E-state index contributed by atoms with van der Waals surface area (Å²) in [4.78, 5) is 0. The van der Waals surface area contributed by atoms with Crippen molar-refractivity contribution in [3.63, 3.8) is 0 Å². The second kappa shape index (κ2) is 7.41. The van der Waals surface area contributed by atoms with Crippen molar-refractivity contribution in [2.75, 3.05) is 12.8 Å². The van der Waals surface area contributed by atoms with Crippen molar-refractivity contribution in [3.05, 3.63) is 59.0 Å². The van der Waals surface area contributed by atoms with Crippen molar-refractivity contribution < 1.29 is 4.42 Å². The summed E-state index contributed by atoms with van der Waals surface area (Å²) in [5.74, 6) is 3.03. The fourth-order valence-corrected chi connectivity index (χ4v) is 2.49. The summed E-state index contributed by atoms with van der Waals surface area (Å²) in [6.07, 6.45) is 3.14. The summed E-state index contributed by atoms with van der Waals surface area (Å²) in [5.41, 5.74) is 2.71. The Labute approximate surface area is 119 Å². The first-order chi connectivity index (χ1) is 9.28. The lowest BCUT2D eigenvalue weighted by Gasteiger charge is -2.04. The van der Waals surface area contributed by atoms with E-state index in [0.29, 0.717) is 0 Å². The van der Waals surface area contributed by atoms with Gasteiger partial charge in [-0.2, -0.15) is 11.8 Å². The molecule has 1 aromatic carbocycles. The third kappa shape index (κ3) is 4.77. The van der Waals surface area contributed by atoms with Crippen LogP contribution in [-0.2, 0) is 18.7 Å². The second-order valence-electron chi connectivity index (χ2n) is 4.72. The van der Waals surface area contributed by atoms with Crippen molar-refractivity contribution >= 4 is 11.8 Å². The van der Waals surface area contributed by atoms with Crippen molar-refractivity contribution in [3.8, 4) is 0 Å². The first kappa shape index (κ1) is 14.2. The van der Waals surface area contributed by atoms with Crippen LogP contribution >= 0.6 is 11.8 Å². The quantitative estimate of drug-likeness (QED) is 0.778. The smallest absolute Gasteiger partial charge is 0.117 e. The van der Waals surface area contributed by atoms with Gasteiger partial charge in [0, 0.05) is 0 Å². The maximum Gasteiger partial charge on any atom is 0.117 e. The number of rotatable bonds is 7. The molecule has 0 radical (unpaired) electrons. The lowest BCUT2D eigenvalue weighted by atomic mass is 10.1. The van der Waals surface area contributed by atoms with Gasteiger partial charge in [0.1, 0.15) is 11.5 Å². The zero-order valence-electron chi connectivity index (χ0n) is 11.6. The third-order valence-electron chi connectivity index (χ3n) is 2.98. The first-order valence-corrected chi connectivity index (χ1v) is 8.00. The predicted octanol–water partition coefficient (Wildman–Crippen LogP) is 3.78. The van der Waals surface area contributed by atoms with Gasteiger partial charge in [-0.05, 0) is 43.8 Å². The average Bonchev–Trinajstić information content (AvgIpc) is 2.83. The lowest BCUT2D eigenvalue weighted by Crippen LogP contribution is -2.16. The molecule has 0 amide bonds. The Morgan fingerprint density at radius 1 is 1.16 bits per heavy atom. The molecule has 2 rings (SSSR count). The van der Waals surface area contributed by atoms with Gasteiger partial charge in [0.15, 0.2) is 0 Å². The Balaban J connectivity index is 1.71. The minimum atomic E-state index is 0.806. The zero-order valence-corrected chi connectivity index (χ0v) is 12.4.